The Morgan fingerprint density at radius 2 is 2.19 bits per heavy atom. The van der Waals surface area contributed by atoms with E-state index < -0.39 is 0 Å². The van der Waals surface area contributed by atoms with Gasteiger partial charge in [-0.1, -0.05) is 18.2 Å². The lowest BCUT2D eigenvalue weighted by Gasteiger charge is -2.05. The minimum absolute atomic E-state index is 0.661. The van der Waals surface area contributed by atoms with Crippen LogP contribution in [0, 0.1) is 6.92 Å². The highest BCUT2D eigenvalue weighted by Crippen LogP contribution is 2.17. The summed E-state index contributed by atoms with van der Waals surface area (Å²) in [5, 5.41) is 19.9. The Morgan fingerprint density at radius 3 is 3.14 bits per heavy atom. The fraction of sp³-hybridized carbons (Fsp3) is 0.133. The van der Waals surface area contributed by atoms with Gasteiger partial charge in [0, 0.05) is 18.1 Å². The van der Waals surface area contributed by atoms with E-state index in [9.17, 15) is 0 Å². The number of nitrogens with one attached hydrogen (secondary N) is 2. The number of rotatable bonds is 3. The molecule has 0 saturated heterocycles. The van der Waals surface area contributed by atoms with Gasteiger partial charge in [-0.05, 0) is 30.2 Å². The molecule has 3 aromatic heterocycles. The number of aromatic amines is 1. The van der Waals surface area contributed by atoms with E-state index in [-0.39, 0.29) is 0 Å². The van der Waals surface area contributed by atoms with E-state index in [4.69, 9.17) is 0 Å². The number of pyridine rings is 1. The highest BCUT2D eigenvalue weighted by atomic mass is 15.3. The maximum absolute atomic E-state index is 4.20. The number of aromatic nitrogens is 5. The Hall–Kier alpha value is -2.89. The van der Waals surface area contributed by atoms with E-state index in [1.54, 1.807) is 0 Å². The number of anilines is 1. The van der Waals surface area contributed by atoms with Crippen molar-refractivity contribution in [1.82, 2.24) is 24.8 Å². The normalized spacial score (nSPS) is 11.3. The van der Waals surface area contributed by atoms with Crippen LogP contribution in [0.4, 0.5) is 5.95 Å². The number of benzene rings is 1. The minimum Gasteiger partial charge on any atom is -0.350 e. The molecule has 21 heavy (non-hydrogen) atoms. The molecule has 0 amide bonds. The maximum atomic E-state index is 4.20. The van der Waals surface area contributed by atoms with Crippen molar-refractivity contribution < 1.29 is 0 Å². The van der Waals surface area contributed by atoms with Crippen LogP contribution in [0.3, 0.4) is 0 Å². The van der Waals surface area contributed by atoms with E-state index in [0.29, 0.717) is 6.54 Å². The summed E-state index contributed by atoms with van der Waals surface area (Å²) in [5.41, 5.74) is 4.21. The summed E-state index contributed by atoms with van der Waals surface area (Å²) in [6, 6.07) is 10.2. The monoisotopic (exact) mass is 278 g/mol. The highest BCUT2D eigenvalue weighted by Gasteiger charge is 2.07. The predicted octanol–water partition coefficient (Wildman–Crippen LogP) is 2.53. The molecule has 0 spiro atoms. The molecule has 0 radical (unpaired) electrons. The summed E-state index contributed by atoms with van der Waals surface area (Å²) < 4.78 is 1.94. The molecule has 3 heterocycles. The Morgan fingerprint density at radius 1 is 1.24 bits per heavy atom. The second-order valence-corrected chi connectivity index (χ2v) is 5.06. The molecule has 0 aliphatic carbocycles. The van der Waals surface area contributed by atoms with Gasteiger partial charge < -0.3 is 5.32 Å². The molecule has 0 atom stereocenters. The lowest BCUT2D eigenvalue weighted by Crippen LogP contribution is -2.04. The van der Waals surface area contributed by atoms with Crippen LogP contribution in [0.15, 0.2) is 42.7 Å². The van der Waals surface area contributed by atoms with Crippen LogP contribution < -0.4 is 5.32 Å². The predicted molar refractivity (Wildman–Crippen MR) is 81.1 cm³/mol. The van der Waals surface area contributed by atoms with Crippen molar-refractivity contribution in [2.24, 2.45) is 0 Å². The second-order valence-electron chi connectivity index (χ2n) is 5.06. The number of fused-ring (bicyclic) bond motifs is 2. The van der Waals surface area contributed by atoms with E-state index in [0.717, 1.165) is 28.1 Å². The molecule has 6 heteroatoms. The van der Waals surface area contributed by atoms with Gasteiger partial charge in [0.25, 0.3) is 0 Å². The van der Waals surface area contributed by atoms with Gasteiger partial charge in [-0.3, -0.25) is 9.50 Å². The zero-order chi connectivity index (χ0) is 14.2. The van der Waals surface area contributed by atoms with Crippen LogP contribution in [-0.2, 0) is 6.54 Å². The molecule has 0 fully saturated rings. The number of nitrogens with zero attached hydrogens (tertiary/aromatic N) is 4. The maximum Gasteiger partial charge on any atom is 0.229 e. The summed E-state index contributed by atoms with van der Waals surface area (Å²) in [4.78, 5) is 0. The second kappa shape index (κ2) is 4.59. The molecule has 4 rings (SSSR count). The highest BCUT2D eigenvalue weighted by molar-refractivity contribution is 5.81. The van der Waals surface area contributed by atoms with Gasteiger partial charge in [0.05, 0.1) is 11.7 Å². The molecule has 0 bridgehead atoms. The zero-order valence-electron chi connectivity index (χ0n) is 11.5. The molecule has 0 saturated carbocycles. The lowest BCUT2D eigenvalue weighted by atomic mass is 10.1. The molecule has 0 aliphatic rings. The van der Waals surface area contributed by atoms with Gasteiger partial charge >= 0.3 is 0 Å². The molecule has 2 N–H and O–H groups in total. The first-order valence-electron chi connectivity index (χ1n) is 6.77. The SMILES string of the molecule is Cc1ccn2c(NCc3cccc4cn[nH]c34)nnc2c1. The average molecular weight is 278 g/mol. The summed E-state index contributed by atoms with van der Waals surface area (Å²) in [7, 11) is 0. The molecule has 104 valence electrons. The first-order valence-corrected chi connectivity index (χ1v) is 6.77. The van der Waals surface area contributed by atoms with Crippen LogP contribution in [0.25, 0.3) is 16.6 Å². The smallest absolute Gasteiger partial charge is 0.229 e. The van der Waals surface area contributed by atoms with Crippen LogP contribution in [-0.4, -0.2) is 24.8 Å². The summed E-state index contributed by atoms with van der Waals surface area (Å²) in [5.74, 6) is 0.738. The topological polar surface area (TPSA) is 70.9 Å². The molecule has 6 nitrogen and oxygen atoms in total. The largest absolute Gasteiger partial charge is 0.350 e. The number of hydrogen-bond donors (Lipinski definition) is 2. The van der Waals surface area contributed by atoms with Crippen molar-refractivity contribution in [2.45, 2.75) is 13.5 Å². The molecule has 1 aromatic carbocycles. The molecule has 0 aliphatic heterocycles. The van der Waals surface area contributed by atoms with Gasteiger partial charge in [-0.25, -0.2) is 0 Å². The Kier molecular flexibility index (Phi) is 2.60. The van der Waals surface area contributed by atoms with Gasteiger partial charge in [-0.2, -0.15) is 5.10 Å². The number of hydrogen-bond acceptors (Lipinski definition) is 4. The summed E-state index contributed by atoms with van der Waals surface area (Å²) >= 11 is 0. The van der Waals surface area contributed by atoms with E-state index in [1.165, 1.54) is 5.56 Å². The third kappa shape index (κ3) is 2.01. The van der Waals surface area contributed by atoms with Crippen LogP contribution in [0.2, 0.25) is 0 Å². The fourth-order valence-electron chi connectivity index (χ4n) is 2.47. The van der Waals surface area contributed by atoms with Gasteiger partial charge in [0.15, 0.2) is 5.65 Å². The average Bonchev–Trinajstić information content (AvgIpc) is 3.11. The van der Waals surface area contributed by atoms with Crippen molar-refractivity contribution in [3.05, 3.63) is 53.9 Å². The zero-order valence-corrected chi connectivity index (χ0v) is 11.5. The van der Waals surface area contributed by atoms with Crippen LogP contribution >= 0.6 is 0 Å². The van der Waals surface area contributed by atoms with E-state index >= 15 is 0 Å². The number of H-pyrrole nitrogens is 1. The van der Waals surface area contributed by atoms with Gasteiger partial charge in [0.2, 0.25) is 5.95 Å². The minimum atomic E-state index is 0.661. The molecular formula is C15H14N6. The summed E-state index contributed by atoms with van der Waals surface area (Å²) in [6.07, 6.45) is 3.80. The van der Waals surface area contributed by atoms with Crippen molar-refractivity contribution in [1.29, 1.82) is 0 Å². The van der Waals surface area contributed by atoms with E-state index in [1.807, 2.05) is 48.0 Å². The Bertz CT molecular complexity index is 920. The third-order valence-corrected chi connectivity index (χ3v) is 3.57. The molecular weight excluding hydrogens is 264 g/mol. The molecule has 4 aromatic rings. The van der Waals surface area contributed by atoms with Crippen molar-refractivity contribution in [3.8, 4) is 0 Å². The van der Waals surface area contributed by atoms with E-state index in [2.05, 4.69) is 31.8 Å². The third-order valence-electron chi connectivity index (χ3n) is 3.57. The standard InChI is InChI=1S/C15H14N6/c1-10-5-6-21-13(7-10)18-20-15(21)16-8-11-3-2-4-12-9-17-19-14(11)12/h2-7,9H,8H2,1H3,(H,16,20)(H,17,19). The first kappa shape index (κ1) is 11.9. The lowest BCUT2D eigenvalue weighted by molar-refractivity contribution is 1.02. The Balaban J connectivity index is 1.65. The van der Waals surface area contributed by atoms with Gasteiger partial charge in [0.1, 0.15) is 0 Å². The Labute approximate surface area is 120 Å². The molecule has 0 unspecified atom stereocenters. The first-order chi connectivity index (χ1) is 10.3. The quantitative estimate of drug-likeness (QED) is 0.604. The van der Waals surface area contributed by atoms with Gasteiger partial charge in [-0.15, -0.1) is 10.2 Å². The van der Waals surface area contributed by atoms with Crippen molar-refractivity contribution in [2.75, 3.05) is 5.32 Å². The van der Waals surface area contributed by atoms with Crippen LogP contribution in [0.5, 0.6) is 0 Å². The summed E-state index contributed by atoms with van der Waals surface area (Å²) in [6.45, 7) is 2.70. The number of aryl methyl sites for hydroxylation is 1. The number of para-hydroxylation sites is 1. The van der Waals surface area contributed by atoms with Crippen molar-refractivity contribution >= 4 is 22.5 Å². The van der Waals surface area contributed by atoms with Crippen LogP contribution in [0.1, 0.15) is 11.1 Å². The van der Waals surface area contributed by atoms with Crippen molar-refractivity contribution in [3.63, 3.8) is 0 Å². The fourth-order valence-corrected chi connectivity index (χ4v) is 2.47.